The summed E-state index contributed by atoms with van der Waals surface area (Å²) in [6.45, 7) is 6.68. The minimum absolute atomic E-state index is 0.246. The zero-order chi connectivity index (χ0) is 23.8. The van der Waals surface area contributed by atoms with Crippen molar-refractivity contribution in [1.82, 2.24) is 0 Å². The van der Waals surface area contributed by atoms with Crippen LogP contribution in [0.2, 0.25) is 0 Å². The van der Waals surface area contributed by atoms with Gasteiger partial charge in [0.25, 0.3) is 6.47 Å². The second-order valence-electron chi connectivity index (χ2n) is 8.48. The van der Waals surface area contributed by atoms with Crippen molar-refractivity contribution >= 4 is 29.1 Å². The summed E-state index contributed by atoms with van der Waals surface area (Å²) in [6.07, 6.45) is 1.41. The molecule has 1 N–H and O–H groups in total. The molecule has 0 radical (unpaired) electrons. The van der Waals surface area contributed by atoms with Crippen LogP contribution in [0, 0.1) is 5.82 Å². The first-order valence-electron chi connectivity index (χ1n) is 10.5. The third-order valence-electron chi connectivity index (χ3n) is 5.74. The number of methoxy groups -OCH3 is 2. The van der Waals surface area contributed by atoms with E-state index in [-0.39, 0.29) is 5.54 Å². The van der Waals surface area contributed by atoms with Gasteiger partial charge >= 0.3 is 0 Å². The molecule has 1 unspecified atom stereocenters. The van der Waals surface area contributed by atoms with Gasteiger partial charge < -0.3 is 19.5 Å². The molecule has 1 atom stereocenters. The van der Waals surface area contributed by atoms with Gasteiger partial charge in [0.05, 0.1) is 19.8 Å². The van der Waals surface area contributed by atoms with E-state index in [0.29, 0.717) is 23.5 Å². The van der Waals surface area contributed by atoms with Gasteiger partial charge in [-0.05, 0) is 50.1 Å². The Morgan fingerprint density at radius 2 is 1.79 bits per heavy atom. The monoisotopic (exact) mass is 467 g/mol. The van der Waals surface area contributed by atoms with Crippen molar-refractivity contribution in [2.75, 3.05) is 19.5 Å². The van der Waals surface area contributed by atoms with Crippen LogP contribution < -0.4 is 14.8 Å². The average Bonchev–Trinajstić information content (AvgIpc) is 3.24. The van der Waals surface area contributed by atoms with Crippen molar-refractivity contribution in [3.8, 4) is 22.6 Å². The first-order chi connectivity index (χ1) is 15.8. The van der Waals surface area contributed by atoms with Crippen molar-refractivity contribution in [2.45, 2.75) is 32.4 Å². The van der Waals surface area contributed by atoms with E-state index in [1.165, 1.54) is 30.6 Å². The third kappa shape index (κ3) is 4.20. The molecule has 1 aliphatic rings. The maximum atomic E-state index is 14.0. The Morgan fingerprint density at radius 3 is 2.48 bits per heavy atom. The molecule has 0 fully saturated rings. The van der Waals surface area contributed by atoms with Gasteiger partial charge in [-0.3, -0.25) is 4.79 Å². The van der Waals surface area contributed by atoms with Gasteiger partial charge in [-0.1, -0.05) is 12.1 Å². The Balaban J connectivity index is 2.08. The largest absolute Gasteiger partial charge is 0.496 e. The number of nitrogens with one attached hydrogen (secondary N) is 1. The maximum Gasteiger partial charge on any atom is 0.294 e. The van der Waals surface area contributed by atoms with Gasteiger partial charge in [-0.2, -0.15) is 0 Å². The fraction of sp³-hybridized carbons (Fsp3) is 0.269. The van der Waals surface area contributed by atoms with E-state index in [9.17, 15) is 9.18 Å². The predicted molar refractivity (Wildman–Crippen MR) is 130 cm³/mol. The minimum Gasteiger partial charge on any atom is -0.496 e. The molecule has 0 aliphatic carbocycles. The van der Waals surface area contributed by atoms with Crippen LogP contribution in [0.1, 0.15) is 43.6 Å². The van der Waals surface area contributed by atoms with Crippen LogP contribution in [0.15, 0.2) is 47.2 Å². The summed E-state index contributed by atoms with van der Waals surface area (Å²) < 4.78 is 30.8. The lowest BCUT2D eigenvalue weighted by Crippen LogP contribution is -2.32. The average molecular weight is 468 g/mol. The highest BCUT2D eigenvalue weighted by Crippen LogP contribution is 2.48. The van der Waals surface area contributed by atoms with Gasteiger partial charge in [-0.25, -0.2) is 4.39 Å². The Morgan fingerprint density at radius 1 is 1.06 bits per heavy atom. The summed E-state index contributed by atoms with van der Waals surface area (Å²) in [7, 11) is 3.09. The van der Waals surface area contributed by atoms with Crippen molar-refractivity contribution in [3.05, 3.63) is 69.7 Å². The topological polar surface area (TPSA) is 56.8 Å². The van der Waals surface area contributed by atoms with Crippen molar-refractivity contribution in [3.63, 3.8) is 0 Å². The number of thiophene rings is 1. The lowest BCUT2D eigenvalue weighted by molar-refractivity contribution is -0.132. The number of ether oxygens (including phenoxy) is 3. The second-order valence-corrected chi connectivity index (χ2v) is 9.22. The number of fused-ring (bicyclic) bond motifs is 1. The molecule has 5 nitrogen and oxygen atoms in total. The fourth-order valence-corrected chi connectivity index (χ4v) is 5.35. The number of anilines is 1. The highest BCUT2D eigenvalue weighted by atomic mass is 32.1. The van der Waals surface area contributed by atoms with Gasteiger partial charge in [0, 0.05) is 44.8 Å². The zero-order valence-electron chi connectivity index (χ0n) is 19.2. The van der Waals surface area contributed by atoms with Gasteiger partial charge in [0.2, 0.25) is 0 Å². The minimum atomic E-state index is -0.741. The fourth-order valence-electron chi connectivity index (χ4n) is 4.54. The Labute approximate surface area is 196 Å². The first-order valence-corrected chi connectivity index (χ1v) is 11.4. The molecule has 3 aromatic rings. The van der Waals surface area contributed by atoms with Crippen LogP contribution in [0.25, 0.3) is 16.7 Å². The highest BCUT2D eigenvalue weighted by Gasteiger charge is 2.33. The van der Waals surface area contributed by atoms with E-state index in [1.54, 1.807) is 13.2 Å². The van der Waals surface area contributed by atoms with E-state index in [0.717, 1.165) is 33.5 Å². The number of hydrogen-bond acceptors (Lipinski definition) is 6. The van der Waals surface area contributed by atoms with Gasteiger partial charge in [0.1, 0.15) is 17.3 Å². The molecule has 0 bridgehead atoms. The Hall–Kier alpha value is -3.32. The van der Waals surface area contributed by atoms with Gasteiger partial charge in [-0.15, -0.1) is 11.3 Å². The molecule has 2 aromatic carbocycles. The van der Waals surface area contributed by atoms with E-state index in [2.05, 4.69) is 25.2 Å². The number of carbonyl (C=O) groups excluding carboxylic acids is 1. The molecule has 33 heavy (non-hydrogen) atoms. The van der Waals surface area contributed by atoms with E-state index >= 15 is 0 Å². The predicted octanol–water partition coefficient (Wildman–Crippen LogP) is 6.44. The smallest absolute Gasteiger partial charge is 0.294 e. The van der Waals surface area contributed by atoms with E-state index in [4.69, 9.17) is 14.2 Å². The number of rotatable bonds is 7. The summed E-state index contributed by atoms with van der Waals surface area (Å²) in [5.41, 5.74) is 5.64. The molecule has 1 aliphatic heterocycles. The summed E-state index contributed by atoms with van der Waals surface area (Å²) in [6, 6.07) is 8.38. The summed E-state index contributed by atoms with van der Waals surface area (Å²) in [5, 5.41) is 7.34. The first kappa shape index (κ1) is 22.9. The third-order valence-corrected chi connectivity index (χ3v) is 6.48. The molecule has 0 saturated heterocycles. The standard InChI is InChI=1S/C26H26FNO4S/c1-15-11-26(2,3)28-20-9-8-18(17-7-6-16(27)10-21(17)30-4)24(23(15)20)25(32-14-29)19-12-33-13-22(19)31-5/h6-14,25,28H,1-5H3. The van der Waals surface area contributed by atoms with Crippen LogP contribution in [-0.4, -0.2) is 26.2 Å². The molecule has 2 heterocycles. The second kappa shape index (κ2) is 8.90. The molecule has 0 amide bonds. The number of halogens is 1. The number of carbonyl (C=O) groups is 1. The van der Waals surface area contributed by atoms with Crippen LogP contribution in [-0.2, 0) is 9.53 Å². The SMILES string of the molecule is COc1cc(F)ccc1-c1ccc2c(c1C(OC=O)c1cscc1OC)C(C)=CC(C)(C)N2. The molecule has 7 heteroatoms. The molecular weight excluding hydrogens is 441 g/mol. The number of hydrogen-bond donors (Lipinski definition) is 1. The van der Waals surface area contributed by atoms with E-state index in [1.807, 2.05) is 29.8 Å². The van der Waals surface area contributed by atoms with Crippen molar-refractivity contribution < 1.29 is 23.4 Å². The quantitative estimate of drug-likeness (QED) is 0.405. The lowest BCUT2D eigenvalue weighted by Gasteiger charge is -2.35. The lowest BCUT2D eigenvalue weighted by atomic mass is 9.82. The number of benzene rings is 2. The molecule has 4 rings (SSSR count). The maximum absolute atomic E-state index is 14.0. The van der Waals surface area contributed by atoms with Crippen LogP contribution in [0.4, 0.5) is 10.1 Å². The van der Waals surface area contributed by atoms with Crippen LogP contribution in [0.3, 0.4) is 0 Å². The number of allylic oxidation sites excluding steroid dienone is 1. The summed E-state index contributed by atoms with van der Waals surface area (Å²) in [4.78, 5) is 11.7. The molecule has 1 aromatic heterocycles. The summed E-state index contributed by atoms with van der Waals surface area (Å²) >= 11 is 1.46. The molecule has 0 saturated carbocycles. The Bertz CT molecular complexity index is 1230. The van der Waals surface area contributed by atoms with Crippen LogP contribution in [0.5, 0.6) is 11.5 Å². The van der Waals surface area contributed by atoms with E-state index < -0.39 is 11.9 Å². The molecular formula is C26H26FNO4S. The molecule has 172 valence electrons. The van der Waals surface area contributed by atoms with Crippen molar-refractivity contribution in [1.29, 1.82) is 0 Å². The van der Waals surface area contributed by atoms with Crippen molar-refractivity contribution in [2.24, 2.45) is 0 Å². The summed E-state index contributed by atoms with van der Waals surface area (Å²) in [5.74, 6) is 0.631. The Kier molecular flexibility index (Phi) is 6.17. The van der Waals surface area contributed by atoms with Crippen LogP contribution >= 0.6 is 11.3 Å². The normalized spacial score (nSPS) is 15.0. The zero-order valence-corrected chi connectivity index (χ0v) is 20.0. The molecule has 0 spiro atoms. The highest BCUT2D eigenvalue weighted by molar-refractivity contribution is 7.08. The van der Waals surface area contributed by atoms with Gasteiger partial charge in [0.15, 0.2) is 6.10 Å².